The second kappa shape index (κ2) is 5.89. The zero-order chi connectivity index (χ0) is 13.8. The Bertz CT molecular complexity index is 532. The van der Waals surface area contributed by atoms with Gasteiger partial charge in [0.2, 0.25) is 0 Å². The van der Waals surface area contributed by atoms with Crippen molar-refractivity contribution in [2.75, 3.05) is 0 Å². The van der Waals surface area contributed by atoms with Crippen LogP contribution in [-0.2, 0) is 0 Å². The summed E-state index contributed by atoms with van der Waals surface area (Å²) in [6.45, 7) is 5.78. The van der Waals surface area contributed by atoms with E-state index in [0.717, 1.165) is 22.4 Å². The van der Waals surface area contributed by atoms with Gasteiger partial charge in [-0.15, -0.1) is 0 Å². The van der Waals surface area contributed by atoms with E-state index in [0.29, 0.717) is 0 Å². The molecule has 0 saturated heterocycles. The van der Waals surface area contributed by atoms with Crippen LogP contribution in [0.5, 0.6) is 5.75 Å². The first-order valence-electron chi connectivity index (χ1n) is 6.58. The van der Waals surface area contributed by atoms with Crippen molar-refractivity contribution < 1.29 is 9.84 Å². The monoisotopic (exact) mass is 256 g/mol. The molecule has 0 heterocycles. The van der Waals surface area contributed by atoms with Gasteiger partial charge in [-0.05, 0) is 38.5 Å². The van der Waals surface area contributed by atoms with Gasteiger partial charge in [0.05, 0.1) is 6.10 Å². The Labute approximate surface area is 114 Å². The molecule has 0 aliphatic rings. The van der Waals surface area contributed by atoms with Crippen LogP contribution in [0.25, 0.3) is 0 Å². The maximum absolute atomic E-state index is 9.83. The van der Waals surface area contributed by atoms with E-state index in [2.05, 4.69) is 0 Å². The maximum Gasteiger partial charge on any atom is 0.126 e. The van der Waals surface area contributed by atoms with Crippen molar-refractivity contribution in [3.8, 4) is 5.75 Å². The molecule has 2 nitrogen and oxygen atoms in total. The number of rotatable bonds is 4. The fraction of sp³-hybridized carbons (Fsp3) is 0.294. The Morgan fingerprint density at radius 3 is 2.32 bits per heavy atom. The van der Waals surface area contributed by atoms with Gasteiger partial charge in [-0.2, -0.15) is 0 Å². The van der Waals surface area contributed by atoms with Crippen molar-refractivity contribution in [3.05, 3.63) is 65.2 Å². The lowest BCUT2D eigenvalue weighted by Gasteiger charge is -2.19. The highest BCUT2D eigenvalue weighted by atomic mass is 16.5. The van der Waals surface area contributed by atoms with Gasteiger partial charge in [0, 0.05) is 5.56 Å². The van der Waals surface area contributed by atoms with Crippen LogP contribution in [0.2, 0.25) is 0 Å². The molecular weight excluding hydrogens is 236 g/mol. The third-order valence-electron chi connectivity index (χ3n) is 3.19. The second-order valence-electron chi connectivity index (χ2n) is 4.89. The van der Waals surface area contributed by atoms with Crippen LogP contribution in [0.3, 0.4) is 0 Å². The van der Waals surface area contributed by atoms with Crippen LogP contribution in [0.4, 0.5) is 0 Å². The van der Waals surface area contributed by atoms with Gasteiger partial charge in [0.15, 0.2) is 0 Å². The molecule has 100 valence electrons. The normalized spacial score (nSPS) is 13.9. The van der Waals surface area contributed by atoms with Crippen molar-refractivity contribution in [1.82, 2.24) is 0 Å². The third kappa shape index (κ3) is 3.36. The fourth-order valence-electron chi connectivity index (χ4n) is 2.08. The molecule has 1 N–H and O–H groups in total. The number of ether oxygens (including phenoxy) is 1. The Morgan fingerprint density at radius 2 is 1.68 bits per heavy atom. The second-order valence-corrected chi connectivity index (χ2v) is 4.89. The first kappa shape index (κ1) is 13.6. The molecule has 19 heavy (non-hydrogen) atoms. The van der Waals surface area contributed by atoms with Crippen LogP contribution in [0, 0.1) is 6.92 Å². The average molecular weight is 256 g/mol. The standard InChI is InChI=1S/C17H20O2/c1-12-9-10-17(16(11-12)13(2)18)19-14(3)15-7-5-4-6-8-15/h4-11,13-14,18H,1-3H3/t13-,14?/m0/s1. The van der Waals surface area contributed by atoms with E-state index >= 15 is 0 Å². The minimum atomic E-state index is -0.530. The Hall–Kier alpha value is -1.80. The lowest BCUT2D eigenvalue weighted by Crippen LogP contribution is -2.06. The van der Waals surface area contributed by atoms with E-state index in [4.69, 9.17) is 4.74 Å². The number of aliphatic hydroxyl groups excluding tert-OH is 1. The molecule has 0 amide bonds. The average Bonchev–Trinajstić information content (AvgIpc) is 2.41. The molecule has 0 fully saturated rings. The van der Waals surface area contributed by atoms with Gasteiger partial charge < -0.3 is 9.84 Å². The first-order chi connectivity index (χ1) is 9.08. The van der Waals surface area contributed by atoms with Crippen molar-refractivity contribution in [3.63, 3.8) is 0 Å². The first-order valence-corrected chi connectivity index (χ1v) is 6.58. The van der Waals surface area contributed by atoms with E-state index in [9.17, 15) is 5.11 Å². The Kier molecular flexibility index (Phi) is 4.23. The largest absolute Gasteiger partial charge is 0.486 e. The maximum atomic E-state index is 9.83. The molecule has 0 aromatic heterocycles. The van der Waals surface area contributed by atoms with Gasteiger partial charge in [0.1, 0.15) is 11.9 Å². The van der Waals surface area contributed by atoms with E-state index in [1.807, 2.05) is 62.4 Å². The summed E-state index contributed by atoms with van der Waals surface area (Å²) < 4.78 is 5.99. The summed E-state index contributed by atoms with van der Waals surface area (Å²) in [6, 6.07) is 16.0. The predicted octanol–water partition coefficient (Wildman–Crippen LogP) is 4.19. The summed E-state index contributed by atoms with van der Waals surface area (Å²) in [6.07, 6.45) is -0.570. The van der Waals surface area contributed by atoms with E-state index in [1.54, 1.807) is 6.92 Å². The van der Waals surface area contributed by atoms with E-state index < -0.39 is 6.10 Å². The number of benzene rings is 2. The number of aryl methyl sites for hydroxylation is 1. The Morgan fingerprint density at radius 1 is 1.00 bits per heavy atom. The Balaban J connectivity index is 2.24. The van der Waals surface area contributed by atoms with Crippen LogP contribution in [0.1, 0.15) is 42.7 Å². The minimum Gasteiger partial charge on any atom is -0.486 e. The molecular formula is C17H20O2. The number of hydrogen-bond donors (Lipinski definition) is 1. The highest BCUT2D eigenvalue weighted by molar-refractivity contribution is 5.38. The van der Waals surface area contributed by atoms with E-state index in [-0.39, 0.29) is 6.10 Å². The SMILES string of the molecule is Cc1ccc(OC(C)c2ccccc2)c([C@H](C)O)c1. The van der Waals surface area contributed by atoms with Gasteiger partial charge in [-0.3, -0.25) is 0 Å². The van der Waals surface area contributed by atoms with Gasteiger partial charge in [-0.25, -0.2) is 0 Å². The highest BCUT2D eigenvalue weighted by Crippen LogP contribution is 2.30. The molecule has 0 aliphatic carbocycles. The molecule has 0 saturated carbocycles. The number of aliphatic hydroxyl groups is 1. The van der Waals surface area contributed by atoms with Gasteiger partial charge in [0.25, 0.3) is 0 Å². The lowest BCUT2D eigenvalue weighted by atomic mass is 10.1. The van der Waals surface area contributed by atoms with Crippen molar-refractivity contribution >= 4 is 0 Å². The van der Waals surface area contributed by atoms with E-state index in [1.165, 1.54) is 0 Å². The molecule has 2 atom stereocenters. The van der Waals surface area contributed by atoms with Gasteiger partial charge >= 0.3 is 0 Å². The smallest absolute Gasteiger partial charge is 0.126 e. The molecule has 0 aliphatic heterocycles. The zero-order valence-electron chi connectivity index (χ0n) is 11.6. The molecule has 0 radical (unpaired) electrons. The molecule has 2 rings (SSSR count). The van der Waals surface area contributed by atoms with Crippen molar-refractivity contribution in [2.24, 2.45) is 0 Å². The topological polar surface area (TPSA) is 29.5 Å². The minimum absolute atomic E-state index is 0.0404. The molecule has 1 unspecified atom stereocenters. The molecule has 0 spiro atoms. The summed E-state index contributed by atoms with van der Waals surface area (Å²) in [5, 5.41) is 9.83. The molecule has 0 bridgehead atoms. The highest BCUT2D eigenvalue weighted by Gasteiger charge is 2.13. The van der Waals surface area contributed by atoms with Crippen LogP contribution in [-0.4, -0.2) is 5.11 Å². The van der Waals surface area contributed by atoms with Crippen LogP contribution in [0.15, 0.2) is 48.5 Å². The fourth-order valence-corrected chi connectivity index (χ4v) is 2.08. The summed E-state index contributed by atoms with van der Waals surface area (Å²) in [5.74, 6) is 0.747. The summed E-state index contributed by atoms with van der Waals surface area (Å²) in [5.41, 5.74) is 3.08. The summed E-state index contributed by atoms with van der Waals surface area (Å²) in [7, 11) is 0. The predicted molar refractivity (Wildman–Crippen MR) is 77.3 cm³/mol. The van der Waals surface area contributed by atoms with Crippen LogP contribution < -0.4 is 4.74 Å². The van der Waals surface area contributed by atoms with Crippen molar-refractivity contribution in [2.45, 2.75) is 33.0 Å². The molecule has 2 aromatic rings. The third-order valence-corrected chi connectivity index (χ3v) is 3.19. The van der Waals surface area contributed by atoms with Gasteiger partial charge in [-0.1, -0.05) is 42.0 Å². The quantitative estimate of drug-likeness (QED) is 0.888. The van der Waals surface area contributed by atoms with Crippen molar-refractivity contribution in [1.29, 1.82) is 0 Å². The number of hydrogen-bond acceptors (Lipinski definition) is 2. The molecule has 2 aromatic carbocycles. The van der Waals surface area contributed by atoms with Crippen LogP contribution >= 0.6 is 0 Å². The summed E-state index contributed by atoms with van der Waals surface area (Å²) >= 11 is 0. The zero-order valence-corrected chi connectivity index (χ0v) is 11.6. The summed E-state index contributed by atoms with van der Waals surface area (Å²) in [4.78, 5) is 0. The molecule has 2 heteroatoms. The lowest BCUT2D eigenvalue weighted by molar-refractivity contribution is 0.179.